The maximum absolute atomic E-state index is 2.30. The van der Waals surface area contributed by atoms with Crippen LogP contribution < -0.4 is 9.80 Å². The molecule has 12 heavy (non-hydrogen) atoms. The van der Waals surface area contributed by atoms with Gasteiger partial charge in [0.2, 0.25) is 0 Å². The van der Waals surface area contributed by atoms with Crippen molar-refractivity contribution in [1.82, 2.24) is 0 Å². The standard InChI is InChI=1S/C10H10N2/c1-2-4-10-9(3-1)11-5-7-12(10)8-6-11/h1-5,7H,6,8H2. The van der Waals surface area contributed by atoms with E-state index in [9.17, 15) is 0 Å². The van der Waals surface area contributed by atoms with E-state index < -0.39 is 0 Å². The molecule has 0 saturated carbocycles. The van der Waals surface area contributed by atoms with Crippen molar-refractivity contribution < 1.29 is 0 Å². The molecule has 60 valence electrons. The van der Waals surface area contributed by atoms with Gasteiger partial charge in [-0.15, -0.1) is 0 Å². The summed E-state index contributed by atoms with van der Waals surface area (Å²) < 4.78 is 0. The lowest BCUT2D eigenvalue weighted by Gasteiger charge is -2.39. The van der Waals surface area contributed by atoms with Crippen LogP contribution in [-0.4, -0.2) is 13.1 Å². The van der Waals surface area contributed by atoms with Crippen molar-refractivity contribution >= 4 is 11.4 Å². The molecule has 0 N–H and O–H groups in total. The largest absolute Gasteiger partial charge is 0.343 e. The average molecular weight is 158 g/mol. The second kappa shape index (κ2) is 2.03. The molecule has 0 amide bonds. The van der Waals surface area contributed by atoms with Gasteiger partial charge in [0.05, 0.1) is 11.4 Å². The molecule has 3 heterocycles. The van der Waals surface area contributed by atoms with Gasteiger partial charge in [-0.05, 0) is 12.1 Å². The minimum absolute atomic E-state index is 1.12. The third-order valence-electron chi connectivity index (χ3n) is 2.51. The monoisotopic (exact) mass is 158 g/mol. The summed E-state index contributed by atoms with van der Waals surface area (Å²) in [6.45, 7) is 2.24. The number of anilines is 2. The van der Waals surface area contributed by atoms with Crippen molar-refractivity contribution in [2.75, 3.05) is 22.9 Å². The second-order valence-electron chi connectivity index (χ2n) is 3.17. The summed E-state index contributed by atoms with van der Waals surface area (Å²) in [5.41, 5.74) is 2.68. The molecule has 0 radical (unpaired) electrons. The van der Waals surface area contributed by atoms with Crippen LogP contribution in [0.25, 0.3) is 0 Å². The summed E-state index contributed by atoms with van der Waals surface area (Å²) in [5.74, 6) is 0. The van der Waals surface area contributed by atoms with Gasteiger partial charge in [-0.1, -0.05) is 12.1 Å². The van der Waals surface area contributed by atoms with E-state index in [0.29, 0.717) is 0 Å². The summed E-state index contributed by atoms with van der Waals surface area (Å²) in [7, 11) is 0. The molecule has 4 rings (SSSR count). The van der Waals surface area contributed by atoms with Gasteiger partial charge in [0.1, 0.15) is 0 Å². The lowest BCUT2D eigenvalue weighted by molar-refractivity contribution is 0.803. The van der Waals surface area contributed by atoms with Crippen LogP contribution in [0.3, 0.4) is 0 Å². The first-order chi connectivity index (χ1) is 5.95. The predicted molar refractivity (Wildman–Crippen MR) is 50.3 cm³/mol. The van der Waals surface area contributed by atoms with Gasteiger partial charge in [0, 0.05) is 25.5 Å². The molecular weight excluding hydrogens is 148 g/mol. The van der Waals surface area contributed by atoms with E-state index in [1.54, 1.807) is 0 Å². The Morgan fingerprint density at radius 3 is 1.75 bits per heavy atom. The fourth-order valence-electron chi connectivity index (χ4n) is 1.88. The van der Waals surface area contributed by atoms with Crippen molar-refractivity contribution in [1.29, 1.82) is 0 Å². The van der Waals surface area contributed by atoms with Gasteiger partial charge < -0.3 is 9.80 Å². The highest BCUT2D eigenvalue weighted by Gasteiger charge is 2.22. The Morgan fingerprint density at radius 2 is 1.33 bits per heavy atom. The normalized spacial score (nSPS) is 18.3. The number of benzene rings is 1. The van der Waals surface area contributed by atoms with E-state index in [4.69, 9.17) is 0 Å². The van der Waals surface area contributed by atoms with Gasteiger partial charge in [0.15, 0.2) is 0 Å². The molecule has 0 fully saturated rings. The Morgan fingerprint density at radius 1 is 0.833 bits per heavy atom. The first kappa shape index (κ1) is 6.12. The molecule has 3 aliphatic rings. The van der Waals surface area contributed by atoms with Crippen LogP contribution in [0, 0.1) is 0 Å². The maximum atomic E-state index is 2.30. The van der Waals surface area contributed by atoms with Crippen LogP contribution in [-0.2, 0) is 0 Å². The first-order valence-electron chi connectivity index (χ1n) is 4.26. The molecule has 2 nitrogen and oxygen atoms in total. The molecule has 0 aliphatic carbocycles. The van der Waals surface area contributed by atoms with Crippen LogP contribution >= 0.6 is 0 Å². The van der Waals surface area contributed by atoms with Gasteiger partial charge >= 0.3 is 0 Å². The van der Waals surface area contributed by atoms with Gasteiger partial charge in [-0.2, -0.15) is 0 Å². The third-order valence-corrected chi connectivity index (χ3v) is 2.51. The predicted octanol–water partition coefficient (Wildman–Crippen LogP) is 1.80. The summed E-state index contributed by atoms with van der Waals surface area (Å²) in [6.07, 6.45) is 4.29. The Hall–Kier alpha value is -1.44. The summed E-state index contributed by atoms with van der Waals surface area (Å²) in [4.78, 5) is 4.60. The molecular formula is C10H10N2. The minimum atomic E-state index is 1.12. The van der Waals surface area contributed by atoms with E-state index in [0.717, 1.165) is 13.1 Å². The fourth-order valence-corrected chi connectivity index (χ4v) is 1.88. The molecule has 2 heteroatoms. The van der Waals surface area contributed by atoms with Crippen molar-refractivity contribution in [2.24, 2.45) is 0 Å². The van der Waals surface area contributed by atoms with Crippen LogP contribution in [0.2, 0.25) is 0 Å². The zero-order valence-corrected chi connectivity index (χ0v) is 6.77. The fraction of sp³-hybridized carbons (Fsp3) is 0.200. The smallest absolute Gasteiger partial charge is 0.0648 e. The van der Waals surface area contributed by atoms with Crippen LogP contribution in [0.4, 0.5) is 11.4 Å². The van der Waals surface area contributed by atoms with Crippen LogP contribution in [0.1, 0.15) is 0 Å². The maximum Gasteiger partial charge on any atom is 0.0648 e. The Bertz CT molecular complexity index is 310. The summed E-state index contributed by atoms with van der Waals surface area (Å²) in [5, 5.41) is 0. The van der Waals surface area contributed by atoms with Crippen LogP contribution in [0.5, 0.6) is 0 Å². The van der Waals surface area contributed by atoms with Crippen molar-refractivity contribution in [3.63, 3.8) is 0 Å². The molecule has 0 aromatic heterocycles. The zero-order chi connectivity index (χ0) is 7.97. The number of nitrogens with zero attached hydrogens (tertiary/aromatic N) is 2. The molecule has 0 unspecified atom stereocenters. The van der Waals surface area contributed by atoms with Crippen molar-refractivity contribution in [3.05, 3.63) is 36.7 Å². The number of hydrogen-bond donors (Lipinski definition) is 0. The molecule has 0 atom stereocenters. The minimum Gasteiger partial charge on any atom is -0.343 e. The van der Waals surface area contributed by atoms with E-state index in [1.807, 2.05) is 0 Å². The van der Waals surface area contributed by atoms with E-state index >= 15 is 0 Å². The van der Waals surface area contributed by atoms with E-state index in [1.165, 1.54) is 11.4 Å². The highest BCUT2D eigenvalue weighted by molar-refractivity contribution is 5.77. The Kier molecular flexibility index (Phi) is 1.04. The number of hydrogen-bond acceptors (Lipinski definition) is 2. The van der Waals surface area contributed by atoms with Crippen molar-refractivity contribution in [3.8, 4) is 0 Å². The Balaban J connectivity index is 2.24. The number of para-hydroxylation sites is 2. The highest BCUT2D eigenvalue weighted by atomic mass is 15.3. The zero-order valence-electron chi connectivity index (χ0n) is 6.77. The molecule has 3 aliphatic heterocycles. The Labute approximate surface area is 71.7 Å². The van der Waals surface area contributed by atoms with E-state index in [2.05, 4.69) is 46.5 Å². The SMILES string of the molecule is C1=CN2CCN1c1ccccc12. The first-order valence-corrected chi connectivity index (χ1v) is 4.26. The quantitative estimate of drug-likeness (QED) is 0.568. The van der Waals surface area contributed by atoms with Crippen LogP contribution in [0.15, 0.2) is 36.7 Å². The lowest BCUT2D eigenvalue weighted by atomic mass is 10.1. The van der Waals surface area contributed by atoms with Crippen molar-refractivity contribution in [2.45, 2.75) is 0 Å². The average Bonchev–Trinajstić information content (AvgIpc) is 2.20. The summed E-state index contributed by atoms with van der Waals surface area (Å²) in [6, 6.07) is 8.53. The summed E-state index contributed by atoms with van der Waals surface area (Å²) >= 11 is 0. The highest BCUT2D eigenvalue weighted by Crippen LogP contribution is 2.35. The molecule has 2 bridgehead atoms. The second-order valence-corrected chi connectivity index (χ2v) is 3.17. The molecule has 1 aromatic carbocycles. The topological polar surface area (TPSA) is 6.48 Å². The van der Waals surface area contributed by atoms with Gasteiger partial charge in [-0.3, -0.25) is 0 Å². The van der Waals surface area contributed by atoms with E-state index in [-0.39, 0.29) is 0 Å². The third kappa shape index (κ3) is 0.644. The van der Waals surface area contributed by atoms with Gasteiger partial charge in [-0.25, -0.2) is 0 Å². The van der Waals surface area contributed by atoms with Gasteiger partial charge in [0.25, 0.3) is 0 Å². The number of rotatable bonds is 0. The molecule has 1 aromatic rings. The lowest BCUT2D eigenvalue weighted by Crippen LogP contribution is -2.40. The number of fused-ring (bicyclic) bond motifs is 1. The molecule has 0 spiro atoms. The molecule has 0 saturated heterocycles.